The van der Waals surface area contributed by atoms with Crippen molar-refractivity contribution < 1.29 is 9.47 Å². The van der Waals surface area contributed by atoms with Crippen LogP contribution in [0.1, 0.15) is 24.8 Å². The molecule has 0 aromatic carbocycles. The predicted octanol–water partition coefficient (Wildman–Crippen LogP) is 1.48. The predicted molar refractivity (Wildman–Crippen MR) is 62.4 cm³/mol. The first-order valence-electron chi connectivity index (χ1n) is 5.59. The van der Waals surface area contributed by atoms with Crippen molar-refractivity contribution in [3.63, 3.8) is 0 Å². The molecular formula is C12H15N3O2. The quantitative estimate of drug-likeness (QED) is 0.855. The summed E-state index contributed by atoms with van der Waals surface area (Å²) in [4.78, 5) is 3.87. The molecule has 5 heteroatoms. The van der Waals surface area contributed by atoms with E-state index >= 15 is 0 Å². The van der Waals surface area contributed by atoms with E-state index in [0.717, 1.165) is 19.3 Å². The molecule has 0 aliphatic heterocycles. The number of anilines is 1. The summed E-state index contributed by atoms with van der Waals surface area (Å²) in [5.74, 6) is 0.847. The molecule has 0 bridgehead atoms. The highest BCUT2D eigenvalue weighted by Gasteiger charge is 2.29. The van der Waals surface area contributed by atoms with Crippen molar-refractivity contribution >= 4 is 5.82 Å². The first-order chi connectivity index (χ1) is 8.24. The smallest absolute Gasteiger partial charge is 0.142 e. The molecule has 17 heavy (non-hydrogen) atoms. The van der Waals surface area contributed by atoms with Crippen molar-refractivity contribution in [3.8, 4) is 11.8 Å². The highest BCUT2D eigenvalue weighted by Crippen LogP contribution is 2.28. The molecule has 2 rings (SSSR count). The second kappa shape index (κ2) is 5.02. The van der Waals surface area contributed by atoms with Crippen molar-refractivity contribution in [3.05, 3.63) is 17.8 Å². The van der Waals surface area contributed by atoms with Crippen LogP contribution in [-0.4, -0.2) is 24.3 Å². The summed E-state index contributed by atoms with van der Waals surface area (Å²) in [6.45, 7) is 0. The van der Waals surface area contributed by atoms with Gasteiger partial charge in [0.1, 0.15) is 29.3 Å². The van der Waals surface area contributed by atoms with Crippen molar-refractivity contribution in [2.24, 2.45) is 0 Å². The molecule has 2 atom stereocenters. The van der Waals surface area contributed by atoms with Crippen LogP contribution in [0.15, 0.2) is 12.3 Å². The van der Waals surface area contributed by atoms with Gasteiger partial charge in [-0.2, -0.15) is 5.26 Å². The van der Waals surface area contributed by atoms with Crippen molar-refractivity contribution in [1.29, 1.82) is 5.26 Å². The molecule has 5 nitrogen and oxygen atoms in total. The van der Waals surface area contributed by atoms with E-state index in [1.54, 1.807) is 13.2 Å². The molecule has 1 aromatic heterocycles. The standard InChI is InChI=1S/C12H15N3O2/c1-16-9-3-2-4-10(9)17-11-5-12(14)15-7-8(11)6-13/h5,7,9-10H,2-4H2,1H3,(H2,14,15). The van der Waals surface area contributed by atoms with Gasteiger partial charge in [0.15, 0.2) is 0 Å². The third-order valence-electron chi connectivity index (χ3n) is 2.98. The van der Waals surface area contributed by atoms with E-state index in [-0.39, 0.29) is 12.2 Å². The minimum atomic E-state index is -0.00565. The molecule has 0 radical (unpaired) electrons. The summed E-state index contributed by atoms with van der Waals surface area (Å²) < 4.78 is 11.2. The summed E-state index contributed by atoms with van der Waals surface area (Å²) in [7, 11) is 1.68. The van der Waals surface area contributed by atoms with Gasteiger partial charge in [0, 0.05) is 13.2 Å². The van der Waals surface area contributed by atoms with Crippen LogP contribution < -0.4 is 10.5 Å². The number of pyridine rings is 1. The number of hydrogen-bond donors (Lipinski definition) is 1. The molecule has 1 aromatic rings. The molecule has 90 valence electrons. The largest absolute Gasteiger partial charge is 0.486 e. The van der Waals surface area contributed by atoms with E-state index in [2.05, 4.69) is 4.98 Å². The lowest BCUT2D eigenvalue weighted by atomic mass is 10.2. The van der Waals surface area contributed by atoms with Gasteiger partial charge in [-0.05, 0) is 19.3 Å². The fraction of sp³-hybridized carbons (Fsp3) is 0.500. The SMILES string of the molecule is COC1CCCC1Oc1cc(N)ncc1C#N. The first kappa shape index (κ1) is 11.7. The van der Waals surface area contributed by atoms with Crippen LogP contribution in [0.25, 0.3) is 0 Å². The van der Waals surface area contributed by atoms with Crippen molar-refractivity contribution in [1.82, 2.24) is 4.98 Å². The number of nitriles is 1. The molecule has 1 fully saturated rings. The number of nitrogen functional groups attached to an aromatic ring is 1. The van der Waals surface area contributed by atoms with Gasteiger partial charge in [0.25, 0.3) is 0 Å². The number of rotatable bonds is 3. The van der Waals surface area contributed by atoms with Crippen LogP contribution in [-0.2, 0) is 4.74 Å². The minimum Gasteiger partial charge on any atom is -0.486 e. The van der Waals surface area contributed by atoms with E-state index in [9.17, 15) is 0 Å². The van der Waals surface area contributed by atoms with Gasteiger partial charge in [0.05, 0.1) is 12.3 Å². The number of methoxy groups -OCH3 is 1. The molecule has 2 N–H and O–H groups in total. The molecule has 1 aliphatic rings. The second-order valence-corrected chi connectivity index (χ2v) is 4.08. The van der Waals surface area contributed by atoms with Crippen molar-refractivity contribution in [2.75, 3.05) is 12.8 Å². The van der Waals surface area contributed by atoms with Crippen LogP contribution in [0.4, 0.5) is 5.82 Å². The van der Waals surface area contributed by atoms with Gasteiger partial charge in [-0.15, -0.1) is 0 Å². The number of hydrogen-bond acceptors (Lipinski definition) is 5. The van der Waals surface area contributed by atoms with Gasteiger partial charge >= 0.3 is 0 Å². The lowest BCUT2D eigenvalue weighted by molar-refractivity contribution is 0.0227. The van der Waals surface area contributed by atoms with Crippen LogP contribution in [0, 0.1) is 11.3 Å². The molecule has 0 amide bonds. The maximum Gasteiger partial charge on any atom is 0.142 e. The number of aromatic nitrogens is 1. The van der Waals surface area contributed by atoms with Crippen LogP contribution in [0.2, 0.25) is 0 Å². The Kier molecular flexibility index (Phi) is 3.45. The fourth-order valence-corrected chi connectivity index (χ4v) is 2.09. The van der Waals surface area contributed by atoms with Gasteiger partial charge in [-0.1, -0.05) is 0 Å². The van der Waals surface area contributed by atoms with E-state index < -0.39 is 0 Å². The Bertz CT molecular complexity index is 442. The summed E-state index contributed by atoms with van der Waals surface area (Å²) in [6, 6.07) is 3.63. The molecule has 1 heterocycles. The summed E-state index contributed by atoms with van der Waals surface area (Å²) in [6.07, 6.45) is 4.52. The molecule has 2 unspecified atom stereocenters. The first-order valence-corrected chi connectivity index (χ1v) is 5.59. The van der Waals surface area contributed by atoms with Crippen LogP contribution >= 0.6 is 0 Å². The summed E-state index contributed by atoms with van der Waals surface area (Å²) in [5.41, 5.74) is 6.00. The maximum absolute atomic E-state index is 8.96. The van der Waals surface area contributed by atoms with E-state index in [0.29, 0.717) is 17.1 Å². The summed E-state index contributed by atoms with van der Waals surface area (Å²) in [5, 5.41) is 8.96. The van der Waals surface area contributed by atoms with Gasteiger partial charge in [-0.25, -0.2) is 4.98 Å². The number of nitrogens with zero attached hydrogens (tertiary/aromatic N) is 2. The average molecular weight is 233 g/mol. The van der Waals surface area contributed by atoms with E-state index in [4.69, 9.17) is 20.5 Å². The lowest BCUT2D eigenvalue weighted by Crippen LogP contribution is -2.28. The topological polar surface area (TPSA) is 81.2 Å². The number of nitrogens with two attached hydrogens (primary N) is 1. The van der Waals surface area contributed by atoms with Crippen molar-refractivity contribution in [2.45, 2.75) is 31.5 Å². The molecule has 1 aliphatic carbocycles. The van der Waals surface area contributed by atoms with Gasteiger partial charge in [0.2, 0.25) is 0 Å². The minimum absolute atomic E-state index is 0.00565. The monoisotopic (exact) mass is 233 g/mol. The highest BCUT2D eigenvalue weighted by atomic mass is 16.5. The van der Waals surface area contributed by atoms with Gasteiger partial charge in [-0.3, -0.25) is 0 Å². The summed E-state index contributed by atoms with van der Waals surface area (Å²) >= 11 is 0. The Morgan fingerprint density at radius 2 is 2.24 bits per heavy atom. The Balaban J connectivity index is 2.18. The molecule has 0 saturated heterocycles. The average Bonchev–Trinajstić information content (AvgIpc) is 2.77. The zero-order valence-electron chi connectivity index (χ0n) is 9.72. The Hall–Kier alpha value is -1.80. The Morgan fingerprint density at radius 1 is 1.47 bits per heavy atom. The third kappa shape index (κ3) is 2.48. The number of ether oxygens (including phenoxy) is 2. The highest BCUT2D eigenvalue weighted by molar-refractivity contribution is 5.47. The van der Waals surface area contributed by atoms with Crippen LogP contribution in [0.3, 0.4) is 0 Å². The normalized spacial score (nSPS) is 23.3. The third-order valence-corrected chi connectivity index (χ3v) is 2.98. The zero-order chi connectivity index (χ0) is 12.3. The Morgan fingerprint density at radius 3 is 2.94 bits per heavy atom. The molecule has 0 spiro atoms. The van der Waals surface area contributed by atoms with Gasteiger partial charge < -0.3 is 15.2 Å². The molecular weight excluding hydrogens is 218 g/mol. The lowest BCUT2D eigenvalue weighted by Gasteiger charge is -2.20. The maximum atomic E-state index is 8.96. The zero-order valence-corrected chi connectivity index (χ0v) is 9.72. The van der Waals surface area contributed by atoms with E-state index in [1.165, 1.54) is 6.20 Å². The van der Waals surface area contributed by atoms with E-state index in [1.807, 2.05) is 6.07 Å². The molecule has 1 saturated carbocycles. The fourth-order valence-electron chi connectivity index (χ4n) is 2.09. The van der Waals surface area contributed by atoms with Crippen LogP contribution in [0.5, 0.6) is 5.75 Å². The Labute approximate surface area is 100 Å². The second-order valence-electron chi connectivity index (χ2n) is 4.08.